The fourth-order valence-corrected chi connectivity index (χ4v) is 2.16. The first-order valence-corrected chi connectivity index (χ1v) is 6.93. The Hall–Kier alpha value is -1.54. The topological polar surface area (TPSA) is 24.1 Å². The average Bonchev–Trinajstić information content (AvgIpc) is 2.42. The van der Waals surface area contributed by atoms with Gasteiger partial charge < -0.3 is 10.6 Å². The Kier molecular flexibility index (Phi) is 6.98. The average molecular weight is 258 g/mol. The SMILES string of the molecule is C=CCC(CCNC)CNC(=C)c1ccccc1C. The fraction of sp³-hybridized carbons (Fsp3) is 0.412. The van der Waals surface area contributed by atoms with Gasteiger partial charge in [-0.25, -0.2) is 0 Å². The van der Waals surface area contributed by atoms with E-state index in [2.05, 4.69) is 55.0 Å². The second-order valence-corrected chi connectivity index (χ2v) is 4.96. The first-order valence-electron chi connectivity index (χ1n) is 6.93. The van der Waals surface area contributed by atoms with Crippen LogP contribution in [0.3, 0.4) is 0 Å². The summed E-state index contributed by atoms with van der Waals surface area (Å²) in [7, 11) is 1.99. The maximum atomic E-state index is 4.15. The minimum Gasteiger partial charge on any atom is -0.385 e. The lowest BCUT2D eigenvalue weighted by Gasteiger charge is -2.18. The van der Waals surface area contributed by atoms with E-state index in [9.17, 15) is 0 Å². The number of hydrogen-bond donors (Lipinski definition) is 2. The van der Waals surface area contributed by atoms with Crippen LogP contribution in [0, 0.1) is 12.8 Å². The first kappa shape index (κ1) is 15.5. The van der Waals surface area contributed by atoms with Gasteiger partial charge in [0.25, 0.3) is 0 Å². The summed E-state index contributed by atoms with van der Waals surface area (Å²) in [6, 6.07) is 8.34. The smallest absolute Gasteiger partial charge is 0.0343 e. The number of nitrogens with one attached hydrogen (secondary N) is 2. The Morgan fingerprint density at radius 3 is 2.74 bits per heavy atom. The van der Waals surface area contributed by atoms with E-state index in [1.807, 2.05) is 13.1 Å². The van der Waals surface area contributed by atoms with Gasteiger partial charge in [0, 0.05) is 12.2 Å². The van der Waals surface area contributed by atoms with Gasteiger partial charge in [0.05, 0.1) is 0 Å². The van der Waals surface area contributed by atoms with Gasteiger partial charge in [-0.1, -0.05) is 36.9 Å². The van der Waals surface area contributed by atoms with Crippen molar-refractivity contribution in [3.63, 3.8) is 0 Å². The summed E-state index contributed by atoms with van der Waals surface area (Å²) in [5, 5.41) is 6.66. The molecule has 0 saturated heterocycles. The second-order valence-electron chi connectivity index (χ2n) is 4.96. The van der Waals surface area contributed by atoms with Crippen LogP contribution in [0.5, 0.6) is 0 Å². The summed E-state index contributed by atoms with van der Waals surface area (Å²) >= 11 is 0. The Balaban J connectivity index is 2.51. The lowest BCUT2D eigenvalue weighted by Crippen LogP contribution is -2.24. The molecule has 0 saturated carbocycles. The third-order valence-electron chi connectivity index (χ3n) is 3.38. The maximum absolute atomic E-state index is 4.15. The monoisotopic (exact) mass is 258 g/mol. The molecule has 104 valence electrons. The quantitative estimate of drug-likeness (QED) is 0.664. The minimum absolute atomic E-state index is 0.603. The zero-order valence-electron chi connectivity index (χ0n) is 12.2. The number of benzene rings is 1. The molecule has 0 fully saturated rings. The van der Waals surface area contributed by atoms with E-state index in [4.69, 9.17) is 0 Å². The number of rotatable bonds is 9. The van der Waals surface area contributed by atoms with Crippen LogP contribution in [0.2, 0.25) is 0 Å². The van der Waals surface area contributed by atoms with Crippen molar-refractivity contribution in [2.24, 2.45) is 5.92 Å². The molecule has 1 aromatic carbocycles. The molecule has 0 aliphatic heterocycles. The highest BCUT2D eigenvalue weighted by atomic mass is 14.9. The maximum Gasteiger partial charge on any atom is 0.0343 e. The largest absolute Gasteiger partial charge is 0.385 e. The molecule has 0 spiro atoms. The van der Waals surface area contributed by atoms with Gasteiger partial charge in [-0.05, 0) is 50.4 Å². The predicted molar refractivity (Wildman–Crippen MR) is 85.1 cm³/mol. The van der Waals surface area contributed by atoms with E-state index in [1.165, 1.54) is 11.1 Å². The van der Waals surface area contributed by atoms with Gasteiger partial charge in [0.15, 0.2) is 0 Å². The molecule has 0 heterocycles. The van der Waals surface area contributed by atoms with Crippen molar-refractivity contribution in [1.29, 1.82) is 0 Å². The molecule has 1 aromatic rings. The summed E-state index contributed by atoms with van der Waals surface area (Å²) in [4.78, 5) is 0. The van der Waals surface area contributed by atoms with Crippen LogP contribution in [-0.2, 0) is 0 Å². The fourth-order valence-electron chi connectivity index (χ4n) is 2.16. The van der Waals surface area contributed by atoms with Crippen LogP contribution in [0.1, 0.15) is 24.0 Å². The van der Waals surface area contributed by atoms with Crippen molar-refractivity contribution in [3.05, 3.63) is 54.6 Å². The Morgan fingerprint density at radius 1 is 1.37 bits per heavy atom. The van der Waals surface area contributed by atoms with Crippen molar-refractivity contribution in [3.8, 4) is 0 Å². The first-order chi connectivity index (χ1) is 9.19. The molecule has 1 atom stereocenters. The van der Waals surface area contributed by atoms with Gasteiger partial charge in [0.1, 0.15) is 0 Å². The molecule has 2 heteroatoms. The molecule has 0 bridgehead atoms. The molecule has 2 nitrogen and oxygen atoms in total. The normalized spacial score (nSPS) is 11.9. The lowest BCUT2D eigenvalue weighted by molar-refractivity contribution is 0.470. The summed E-state index contributed by atoms with van der Waals surface area (Å²) < 4.78 is 0. The van der Waals surface area contributed by atoms with Crippen molar-refractivity contribution in [2.75, 3.05) is 20.1 Å². The Morgan fingerprint density at radius 2 is 2.11 bits per heavy atom. The van der Waals surface area contributed by atoms with Crippen LogP contribution < -0.4 is 10.6 Å². The van der Waals surface area contributed by atoms with E-state index < -0.39 is 0 Å². The van der Waals surface area contributed by atoms with E-state index in [0.717, 1.165) is 31.6 Å². The van der Waals surface area contributed by atoms with Crippen LogP contribution in [0.25, 0.3) is 5.70 Å². The molecular weight excluding hydrogens is 232 g/mol. The Bertz CT molecular complexity index is 409. The van der Waals surface area contributed by atoms with E-state index >= 15 is 0 Å². The van der Waals surface area contributed by atoms with Crippen LogP contribution in [0.15, 0.2) is 43.5 Å². The lowest BCUT2D eigenvalue weighted by atomic mass is 10.0. The van der Waals surface area contributed by atoms with E-state index in [1.54, 1.807) is 0 Å². The zero-order chi connectivity index (χ0) is 14.1. The molecule has 0 amide bonds. The number of allylic oxidation sites excluding steroid dienone is 1. The van der Waals surface area contributed by atoms with Crippen LogP contribution in [0.4, 0.5) is 0 Å². The molecule has 0 aliphatic rings. The highest BCUT2D eigenvalue weighted by molar-refractivity contribution is 5.64. The molecule has 1 unspecified atom stereocenters. The highest BCUT2D eigenvalue weighted by Crippen LogP contribution is 2.16. The third kappa shape index (κ3) is 5.31. The van der Waals surface area contributed by atoms with E-state index in [-0.39, 0.29) is 0 Å². The molecule has 0 radical (unpaired) electrons. The summed E-state index contributed by atoms with van der Waals surface area (Å²) in [5.74, 6) is 0.603. The van der Waals surface area contributed by atoms with Gasteiger partial charge in [0.2, 0.25) is 0 Å². The highest BCUT2D eigenvalue weighted by Gasteiger charge is 2.08. The molecular formula is C17H26N2. The van der Waals surface area contributed by atoms with Gasteiger partial charge >= 0.3 is 0 Å². The molecule has 0 aromatic heterocycles. The standard InChI is InChI=1S/C17H26N2/c1-5-8-16(11-12-18-4)13-19-15(3)17-10-7-6-9-14(17)2/h5-7,9-10,16,18-19H,1,3,8,11-13H2,2,4H3. The van der Waals surface area contributed by atoms with Gasteiger partial charge in [-0.15, -0.1) is 6.58 Å². The molecule has 1 rings (SSSR count). The summed E-state index contributed by atoms with van der Waals surface area (Å²) in [5.41, 5.74) is 3.47. The van der Waals surface area contributed by atoms with Crippen molar-refractivity contribution >= 4 is 5.70 Å². The van der Waals surface area contributed by atoms with Crippen molar-refractivity contribution < 1.29 is 0 Å². The Labute approximate surface area is 117 Å². The third-order valence-corrected chi connectivity index (χ3v) is 3.38. The second kappa shape index (κ2) is 8.54. The van der Waals surface area contributed by atoms with Crippen LogP contribution >= 0.6 is 0 Å². The van der Waals surface area contributed by atoms with Gasteiger partial charge in [-0.2, -0.15) is 0 Å². The van der Waals surface area contributed by atoms with Crippen molar-refractivity contribution in [2.45, 2.75) is 19.8 Å². The van der Waals surface area contributed by atoms with E-state index in [0.29, 0.717) is 5.92 Å². The number of aryl methyl sites for hydroxylation is 1. The van der Waals surface area contributed by atoms with Crippen molar-refractivity contribution in [1.82, 2.24) is 10.6 Å². The summed E-state index contributed by atoms with van der Waals surface area (Å²) in [6.45, 7) is 12.1. The minimum atomic E-state index is 0.603. The van der Waals surface area contributed by atoms with Crippen LogP contribution in [-0.4, -0.2) is 20.1 Å². The molecule has 2 N–H and O–H groups in total. The molecule has 19 heavy (non-hydrogen) atoms. The molecule has 0 aliphatic carbocycles. The van der Waals surface area contributed by atoms with Gasteiger partial charge in [-0.3, -0.25) is 0 Å². The zero-order valence-corrected chi connectivity index (χ0v) is 12.2. The number of hydrogen-bond acceptors (Lipinski definition) is 2. The summed E-state index contributed by atoms with van der Waals surface area (Å²) in [6.07, 6.45) is 4.19. The predicted octanol–water partition coefficient (Wildman–Crippen LogP) is 3.36.